The SMILES string of the molecule is CCNc1cc(CN(C)Cc2ccccc2OC)ccn1. The first-order valence-electron chi connectivity index (χ1n) is 7.22. The Balaban J connectivity index is 2.01. The summed E-state index contributed by atoms with van der Waals surface area (Å²) in [5.41, 5.74) is 2.45. The molecule has 0 unspecified atom stereocenters. The molecular weight excluding hydrogens is 262 g/mol. The van der Waals surface area contributed by atoms with E-state index in [1.54, 1.807) is 7.11 Å². The van der Waals surface area contributed by atoms with Gasteiger partial charge < -0.3 is 10.1 Å². The van der Waals surface area contributed by atoms with Gasteiger partial charge in [-0.15, -0.1) is 0 Å². The first-order valence-corrected chi connectivity index (χ1v) is 7.22. The summed E-state index contributed by atoms with van der Waals surface area (Å²) >= 11 is 0. The highest BCUT2D eigenvalue weighted by molar-refractivity contribution is 5.37. The molecule has 1 N–H and O–H groups in total. The van der Waals surface area contributed by atoms with Gasteiger partial charge in [-0.1, -0.05) is 18.2 Å². The quantitative estimate of drug-likeness (QED) is 0.848. The van der Waals surface area contributed by atoms with Crippen molar-refractivity contribution in [3.8, 4) is 5.75 Å². The maximum Gasteiger partial charge on any atom is 0.126 e. The Labute approximate surface area is 126 Å². The Bertz CT molecular complexity index is 571. The molecule has 1 heterocycles. The molecule has 0 aliphatic heterocycles. The first kappa shape index (κ1) is 15.3. The van der Waals surface area contributed by atoms with Gasteiger partial charge in [0.2, 0.25) is 0 Å². The summed E-state index contributed by atoms with van der Waals surface area (Å²) in [6.45, 7) is 4.68. The molecule has 0 fully saturated rings. The summed E-state index contributed by atoms with van der Waals surface area (Å²) < 4.78 is 5.40. The standard InChI is InChI=1S/C17H23N3O/c1-4-18-17-11-14(9-10-19-17)12-20(2)13-15-7-5-6-8-16(15)21-3/h5-11H,4,12-13H2,1-3H3,(H,18,19). The number of benzene rings is 1. The largest absolute Gasteiger partial charge is 0.496 e. The zero-order valence-corrected chi connectivity index (χ0v) is 13.0. The summed E-state index contributed by atoms with van der Waals surface area (Å²) in [6.07, 6.45) is 1.85. The third-order valence-corrected chi connectivity index (χ3v) is 3.27. The van der Waals surface area contributed by atoms with Gasteiger partial charge in [-0.25, -0.2) is 4.98 Å². The van der Waals surface area contributed by atoms with Gasteiger partial charge in [-0.05, 0) is 37.7 Å². The minimum absolute atomic E-state index is 0.850. The zero-order valence-electron chi connectivity index (χ0n) is 13.0. The second-order valence-corrected chi connectivity index (χ2v) is 5.06. The van der Waals surface area contributed by atoms with Gasteiger partial charge in [0.1, 0.15) is 11.6 Å². The summed E-state index contributed by atoms with van der Waals surface area (Å²) in [6, 6.07) is 12.3. The Morgan fingerprint density at radius 2 is 2.00 bits per heavy atom. The van der Waals surface area contributed by atoms with Crippen LogP contribution < -0.4 is 10.1 Å². The van der Waals surface area contributed by atoms with Crippen LogP contribution in [0.5, 0.6) is 5.75 Å². The summed E-state index contributed by atoms with van der Waals surface area (Å²) in [5.74, 6) is 1.87. The molecule has 1 aromatic heterocycles. The monoisotopic (exact) mass is 285 g/mol. The van der Waals surface area contributed by atoms with Crippen molar-refractivity contribution in [3.05, 3.63) is 53.7 Å². The van der Waals surface area contributed by atoms with Crippen molar-refractivity contribution in [2.45, 2.75) is 20.0 Å². The molecule has 0 aliphatic carbocycles. The first-order chi connectivity index (χ1) is 10.2. The predicted molar refractivity (Wildman–Crippen MR) is 86.6 cm³/mol. The Hall–Kier alpha value is -2.07. The number of methoxy groups -OCH3 is 1. The number of anilines is 1. The lowest BCUT2D eigenvalue weighted by Crippen LogP contribution is -2.18. The summed E-state index contributed by atoms with van der Waals surface area (Å²) in [4.78, 5) is 6.56. The van der Waals surface area contributed by atoms with Crippen LogP contribution in [0.2, 0.25) is 0 Å². The Morgan fingerprint density at radius 1 is 1.19 bits per heavy atom. The maximum atomic E-state index is 5.40. The van der Waals surface area contributed by atoms with Crippen molar-refractivity contribution in [3.63, 3.8) is 0 Å². The molecule has 0 bridgehead atoms. The molecule has 0 amide bonds. The number of nitrogens with one attached hydrogen (secondary N) is 1. The van der Waals surface area contributed by atoms with Crippen LogP contribution in [0.3, 0.4) is 0 Å². The van der Waals surface area contributed by atoms with Crippen molar-refractivity contribution in [2.24, 2.45) is 0 Å². The van der Waals surface area contributed by atoms with E-state index in [0.29, 0.717) is 0 Å². The predicted octanol–water partition coefficient (Wildman–Crippen LogP) is 3.15. The number of para-hydroxylation sites is 1. The molecule has 0 aliphatic rings. The number of pyridine rings is 1. The van der Waals surface area contributed by atoms with Crippen LogP contribution in [0.4, 0.5) is 5.82 Å². The molecule has 0 spiro atoms. The van der Waals surface area contributed by atoms with Gasteiger partial charge in [-0.2, -0.15) is 0 Å². The fraction of sp³-hybridized carbons (Fsp3) is 0.353. The van der Waals surface area contributed by atoms with Crippen LogP contribution in [0.1, 0.15) is 18.1 Å². The molecular formula is C17H23N3O. The van der Waals surface area contributed by atoms with Gasteiger partial charge in [0.15, 0.2) is 0 Å². The molecule has 1 aromatic carbocycles. The van der Waals surface area contributed by atoms with Crippen LogP contribution in [-0.4, -0.2) is 30.6 Å². The van der Waals surface area contributed by atoms with Crippen LogP contribution >= 0.6 is 0 Å². The molecule has 112 valence electrons. The average Bonchev–Trinajstić information content (AvgIpc) is 2.48. The average molecular weight is 285 g/mol. The zero-order chi connectivity index (χ0) is 15.1. The van der Waals surface area contributed by atoms with Crippen LogP contribution in [0.25, 0.3) is 0 Å². The molecule has 0 atom stereocenters. The second kappa shape index (κ2) is 7.64. The summed E-state index contributed by atoms with van der Waals surface area (Å²) in [5, 5.41) is 3.24. The minimum atomic E-state index is 0.850. The number of ether oxygens (including phenoxy) is 1. The van der Waals surface area contributed by atoms with Gasteiger partial charge in [0.25, 0.3) is 0 Å². The van der Waals surface area contributed by atoms with Crippen LogP contribution in [0, 0.1) is 0 Å². The molecule has 2 rings (SSSR count). The van der Waals surface area contributed by atoms with Crippen molar-refractivity contribution in [2.75, 3.05) is 26.0 Å². The van der Waals surface area contributed by atoms with Crippen molar-refractivity contribution >= 4 is 5.82 Å². The fourth-order valence-electron chi connectivity index (χ4n) is 2.34. The molecule has 0 saturated heterocycles. The lowest BCUT2D eigenvalue weighted by atomic mass is 10.1. The van der Waals surface area contributed by atoms with Crippen molar-refractivity contribution in [1.82, 2.24) is 9.88 Å². The van der Waals surface area contributed by atoms with E-state index in [2.05, 4.69) is 47.4 Å². The van der Waals surface area contributed by atoms with E-state index in [-0.39, 0.29) is 0 Å². The van der Waals surface area contributed by atoms with E-state index in [0.717, 1.165) is 31.2 Å². The molecule has 4 nitrogen and oxygen atoms in total. The van der Waals surface area contributed by atoms with Crippen molar-refractivity contribution < 1.29 is 4.74 Å². The lowest BCUT2D eigenvalue weighted by Gasteiger charge is -2.18. The fourth-order valence-corrected chi connectivity index (χ4v) is 2.34. The molecule has 0 radical (unpaired) electrons. The minimum Gasteiger partial charge on any atom is -0.496 e. The third-order valence-electron chi connectivity index (χ3n) is 3.27. The van der Waals surface area contributed by atoms with Gasteiger partial charge in [-0.3, -0.25) is 4.90 Å². The number of hydrogen-bond donors (Lipinski definition) is 1. The van der Waals surface area contributed by atoms with Gasteiger partial charge in [0.05, 0.1) is 7.11 Å². The molecule has 2 aromatic rings. The van der Waals surface area contributed by atoms with Crippen molar-refractivity contribution in [1.29, 1.82) is 0 Å². The Morgan fingerprint density at radius 3 is 2.76 bits per heavy atom. The number of hydrogen-bond acceptors (Lipinski definition) is 4. The summed E-state index contributed by atoms with van der Waals surface area (Å²) in [7, 11) is 3.82. The van der Waals surface area contributed by atoms with E-state index in [9.17, 15) is 0 Å². The van der Waals surface area contributed by atoms with Gasteiger partial charge in [0, 0.05) is 31.4 Å². The lowest BCUT2D eigenvalue weighted by molar-refractivity contribution is 0.310. The maximum absolute atomic E-state index is 5.40. The molecule has 0 saturated carbocycles. The van der Waals surface area contributed by atoms with Gasteiger partial charge >= 0.3 is 0 Å². The second-order valence-electron chi connectivity index (χ2n) is 5.06. The number of aromatic nitrogens is 1. The molecule has 4 heteroatoms. The number of nitrogens with zero attached hydrogens (tertiary/aromatic N) is 2. The van der Waals surface area contributed by atoms with E-state index in [4.69, 9.17) is 4.74 Å². The number of rotatable bonds is 7. The normalized spacial score (nSPS) is 10.7. The highest BCUT2D eigenvalue weighted by Gasteiger charge is 2.07. The van der Waals surface area contributed by atoms with E-state index >= 15 is 0 Å². The van der Waals surface area contributed by atoms with E-state index < -0.39 is 0 Å². The topological polar surface area (TPSA) is 37.4 Å². The smallest absolute Gasteiger partial charge is 0.126 e. The van der Waals surface area contributed by atoms with E-state index in [1.165, 1.54) is 11.1 Å². The Kier molecular flexibility index (Phi) is 5.58. The highest BCUT2D eigenvalue weighted by Crippen LogP contribution is 2.19. The molecule has 21 heavy (non-hydrogen) atoms. The highest BCUT2D eigenvalue weighted by atomic mass is 16.5. The van der Waals surface area contributed by atoms with E-state index in [1.807, 2.05) is 24.4 Å². The third kappa shape index (κ3) is 4.46. The van der Waals surface area contributed by atoms with Crippen LogP contribution in [0.15, 0.2) is 42.6 Å². The van der Waals surface area contributed by atoms with Crippen LogP contribution in [-0.2, 0) is 13.1 Å².